The maximum Gasteiger partial charge on any atom is 0.416 e. The van der Waals surface area contributed by atoms with Gasteiger partial charge in [0.1, 0.15) is 12.4 Å². The van der Waals surface area contributed by atoms with Crippen molar-refractivity contribution in [3.63, 3.8) is 0 Å². The molecule has 1 N–H and O–H groups in total. The van der Waals surface area contributed by atoms with Crippen LogP contribution in [-0.2, 0) is 27.5 Å². The summed E-state index contributed by atoms with van der Waals surface area (Å²) in [6, 6.07) is 23.9. The van der Waals surface area contributed by atoms with Gasteiger partial charge in [-0.2, -0.15) is 13.2 Å². The first-order valence-corrected chi connectivity index (χ1v) is 16.5. The normalized spacial score (nSPS) is 12.0. The highest BCUT2D eigenvalue weighted by Crippen LogP contribution is 2.32. The Morgan fingerprint density at radius 1 is 0.915 bits per heavy atom. The van der Waals surface area contributed by atoms with E-state index in [1.165, 1.54) is 12.1 Å². The maximum atomic E-state index is 12.9. The smallest absolute Gasteiger partial charge is 0.416 e. The Balaban J connectivity index is 1.43. The van der Waals surface area contributed by atoms with E-state index in [4.69, 9.17) is 28.2 Å². The number of aliphatic carboxylic acids is 1. The minimum absolute atomic E-state index is 0.220. The van der Waals surface area contributed by atoms with E-state index in [0.717, 1.165) is 39.4 Å². The number of carbonyl (C=O) groups is 1. The fourth-order valence-electron chi connectivity index (χ4n) is 4.81. The Bertz CT molecular complexity index is 2040. The molecule has 0 amide bonds. The third-order valence-corrected chi connectivity index (χ3v) is 8.84. The number of hydrogen-bond donors (Lipinski definition) is 1. The van der Waals surface area contributed by atoms with Crippen LogP contribution >= 0.6 is 23.2 Å². The highest BCUT2D eigenvalue weighted by Gasteiger charge is 2.30. The van der Waals surface area contributed by atoms with E-state index < -0.39 is 34.3 Å². The van der Waals surface area contributed by atoms with Crippen molar-refractivity contribution in [3.8, 4) is 22.4 Å². The van der Waals surface area contributed by atoms with Gasteiger partial charge in [0.15, 0.2) is 0 Å². The summed E-state index contributed by atoms with van der Waals surface area (Å²) in [6.45, 7) is -0.367. The van der Waals surface area contributed by atoms with E-state index in [1.807, 2.05) is 47.2 Å². The van der Waals surface area contributed by atoms with Crippen LogP contribution in [-0.4, -0.2) is 41.8 Å². The molecule has 7 nitrogen and oxygen atoms in total. The number of anilines is 1. The van der Waals surface area contributed by atoms with Gasteiger partial charge < -0.3 is 9.67 Å². The summed E-state index contributed by atoms with van der Waals surface area (Å²) >= 11 is 12.6. The standard InChI is InChI=1S/C34H26Cl2F3N3O4S/c1-47(45,46)42(21-33(43)44)28-14-4-23(5-15-28)19-41-20-31(29-16-13-27(35)18-30(29)36)40-32(41)17-6-22-2-7-24(8-3-22)25-9-11-26(12-10-25)34(37,38)39/h2-18,20H,19,21H2,1H3,(H,43,44)/b17-6+. The number of hydrogen-bond acceptors (Lipinski definition) is 4. The lowest BCUT2D eigenvalue weighted by atomic mass is 10.0. The molecule has 1 aromatic heterocycles. The molecule has 0 spiro atoms. The minimum atomic E-state index is -4.40. The topological polar surface area (TPSA) is 92.5 Å². The second-order valence-electron chi connectivity index (χ2n) is 10.6. The van der Waals surface area contributed by atoms with Gasteiger partial charge in [-0.25, -0.2) is 13.4 Å². The van der Waals surface area contributed by atoms with Gasteiger partial charge >= 0.3 is 12.1 Å². The number of benzene rings is 4. The van der Waals surface area contributed by atoms with E-state index in [9.17, 15) is 31.5 Å². The van der Waals surface area contributed by atoms with Gasteiger partial charge in [0.25, 0.3) is 0 Å². The zero-order chi connectivity index (χ0) is 33.9. The van der Waals surface area contributed by atoms with Gasteiger partial charge in [0.05, 0.1) is 28.2 Å². The molecule has 0 atom stereocenters. The Morgan fingerprint density at radius 3 is 2.09 bits per heavy atom. The summed E-state index contributed by atoms with van der Waals surface area (Å²) in [4.78, 5) is 16.0. The van der Waals surface area contributed by atoms with Gasteiger partial charge in [0, 0.05) is 23.3 Å². The Kier molecular flexibility index (Phi) is 9.81. The van der Waals surface area contributed by atoms with Crippen molar-refractivity contribution in [2.45, 2.75) is 12.7 Å². The zero-order valence-corrected chi connectivity index (χ0v) is 26.9. The van der Waals surface area contributed by atoms with Gasteiger partial charge in [-0.05, 0) is 70.8 Å². The summed E-state index contributed by atoms with van der Waals surface area (Å²) in [5.74, 6) is -0.706. The molecule has 4 aromatic carbocycles. The highest BCUT2D eigenvalue weighted by atomic mass is 35.5. The number of carboxylic acids is 1. The SMILES string of the molecule is CS(=O)(=O)N(CC(=O)O)c1ccc(Cn2cc(-c3ccc(Cl)cc3Cl)nc2/C=C/c2ccc(-c3ccc(C(F)(F)F)cc3)cc2)cc1. The van der Waals surface area contributed by atoms with Crippen molar-refractivity contribution in [1.29, 1.82) is 0 Å². The molecule has 0 saturated carbocycles. The van der Waals surface area contributed by atoms with Crippen molar-refractivity contribution in [2.24, 2.45) is 0 Å². The molecule has 13 heteroatoms. The number of aromatic nitrogens is 2. The lowest BCUT2D eigenvalue weighted by Crippen LogP contribution is -2.34. The van der Waals surface area contributed by atoms with Crippen LogP contribution in [0.25, 0.3) is 34.5 Å². The van der Waals surface area contributed by atoms with Crippen LogP contribution in [0.5, 0.6) is 0 Å². The molecular weight excluding hydrogens is 674 g/mol. The molecular formula is C34H26Cl2F3N3O4S. The molecule has 5 aromatic rings. The predicted octanol–water partition coefficient (Wildman–Crippen LogP) is 8.61. The van der Waals surface area contributed by atoms with Crippen LogP contribution in [0.1, 0.15) is 22.5 Å². The molecule has 1 heterocycles. The number of imidazole rings is 1. The number of nitrogens with zero attached hydrogens (tertiary/aromatic N) is 3. The first kappa shape index (κ1) is 33.8. The number of halogens is 5. The zero-order valence-electron chi connectivity index (χ0n) is 24.6. The van der Waals surface area contributed by atoms with E-state index >= 15 is 0 Å². The quantitative estimate of drug-likeness (QED) is 0.158. The van der Waals surface area contributed by atoms with Crippen LogP contribution in [0.3, 0.4) is 0 Å². The maximum absolute atomic E-state index is 12.9. The van der Waals surface area contributed by atoms with Crippen molar-refractivity contribution >= 4 is 57.0 Å². The van der Waals surface area contributed by atoms with Crippen LogP contribution in [0, 0.1) is 0 Å². The monoisotopic (exact) mass is 699 g/mol. The summed E-state index contributed by atoms with van der Waals surface area (Å²) in [6.07, 6.45) is 2.03. The van der Waals surface area contributed by atoms with Gasteiger partial charge in [-0.1, -0.05) is 77.8 Å². The van der Waals surface area contributed by atoms with Crippen LogP contribution in [0.2, 0.25) is 10.0 Å². The van der Waals surface area contributed by atoms with Gasteiger partial charge in [-0.3, -0.25) is 9.10 Å². The van der Waals surface area contributed by atoms with Crippen LogP contribution in [0.4, 0.5) is 18.9 Å². The van der Waals surface area contributed by atoms with Gasteiger partial charge in [-0.15, -0.1) is 0 Å². The average molecular weight is 701 g/mol. The minimum Gasteiger partial charge on any atom is -0.480 e. The second-order valence-corrected chi connectivity index (χ2v) is 13.3. The van der Waals surface area contributed by atoms with E-state index in [2.05, 4.69) is 0 Å². The van der Waals surface area contributed by atoms with Crippen molar-refractivity contribution in [1.82, 2.24) is 9.55 Å². The fraction of sp³-hybridized carbons (Fsp3) is 0.118. The third-order valence-electron chi connectivity index (χ3n) is 7.15. The number of sulfonamides is 1. The molecule has 0 bridgehead atoms. The number of alkyl halides is 3. The molecule has 0 fully saturated rings. The van der Waals surface area contributed by atoms with Crippen LogP contribution < -0.4 is 4.31 Å². The third kappa shape index (κ3) is 8.42. The van der Waals surface area contributed by atoms with E-state index in [-0.39, 0.29) is 5.69 Å². The summed E-state index contributed by atoms with van der Waals surface area (Å²) < 4.78 is 65.9. The predicted molar refractivity (Wildman–Crippen MR) is 179 cm³/mol. The van der Waals surface area contributed by atoms with Crippen LogP contribution in [0.15, 0.2) is 97.2 Å². The summed E-state index contributed by atoms with van der Waals surface area (Å²) in [5.41, 5.74) is 3.80. The molecule has 242 valence electrons. The van der Waals surface area contributed by atoms with Crippen molar-refractivity contribution in [2.75, 3.05) is 17.1 Å². The van der Waals surface area contributed by atoms with Gasteiger partial charge in [0.2, 0.25) is 10.0 Å². The number of rotatable bonds is 10. The molecule has 0 aliphatic rings. The largest absolute Gasteiger partial charge is 0.480 e. The number of carboxylic acid groups (broad SMARTS) is 1. The molecule has 0 saturated heterocycles. The Hall–Kier alpha value is -4.58. The average Bonchev–Trinajstić information content (AvgIpc) is 3.40. The van der Waals surface area contributed by atoms with E-state index in [1.54, 1.807) is 42.5 Å². The molecule has 0 radical (unpaired) electrons. The molecule has 0 aliphatic carbocycles. The fourth-order valence-corrected chi connectivity index (χ4v) is 6.17. The second kappa shape index (κ2) is 13.6. The lowest BCUT2D eigenvalue weighted by Gasteiger charge is -2.20. The summed E-state index contributed by atoms with van der Waals surface area (Å²) in [7, 11) is -3.82. The first-order chi connectivity index (χ1) is 22.2. The Labute approximate surface area is 279 Å². The first-order valence-electron chi connectivity index (χ1n) is 13.9. The molecule has 5 rings (SSSR count). The van der Waals surface area contributed by atoms with Crippen molar-refractivity contribution < 1.29 is 31.5 Å². The highest BCUT2D eigenvalue weighted by molar-refractivity contribution is 7.92. The van der Waals surface area contributed by atoms with Crippen molar-refractivity contribution in [3.05, 3.63) is 130 Å². The molecule has 0 aliphatic heterocycles. The molecule has 47 heavy (non-hydrogen) atoms. The lowest BCUT2D eigenvalue weighted by molar-refractivity contribution is -0.137. The Morgan fingerprint density at radius 2 is 1.53 bits per heavy atom. The molecule has 0 unspecified atom stereocenters. The summed E-state index contributed by atoms with van der Waals surface area (Å²) in [5, 5.41) is 10.1. The van der Waals surface area contributed by atoms with E-state index in [0.29, 0.717) is 39.2 Å².